The molecule has 1 heterocycles. The Kier molecular flexibility index (Phi) is 9.26. The van der Waals surface area contributed by atoms with Gasteiger partial charge in [-0.3, -0.25) is 14.9 Å². The number of likely N-dealkylation sites (tertiary alicyclic amines) is 1. The number of carbonyl (C=O) groups is 2. The first-order valence-electron chi connectivity index (χ1n) is 11.3. The molecule has 0 unspecified atom stereocenters. The van der Waals surface area contributed by atoms with Crippen molar-refractivity contribution in [2.45, 2.75) is 39.5 Å². The lowest BCUT2D eigenvalue weighted by Gasteiger charge is -2.30. The molecule has 1 aliphatic heterocycles. The number of halogens is 1. The molecule has 0 saturated carbocycles. The standard InChI is InChI=1S/C25H30BrN3O3S/c1-3-4-14-32-22-9-8-19(26)16-21(22)23(30)28-25(33)27-20-7-5-6-18(15-20)24(31)29-12-10-17(2)11-13-29/h5-9,15-17H,3-4,10-14H2,1-2H3,(H2,27,28,30,33). The van der Waals surface area contributed by atoms with Crippen LogP contribution in [0.4, 0.5) is 5.69 Å². The summed E-state index contributed by atoms with van der Waals surface area (Å²) in [7, 11) is 0. The van der Waals surface area contributed by atoms with Gasteiger partial charge in [-0.15, -0.1) is 0 Å². The third-order valence-electron chi connectivity index (χ3n) is 5.61. The molecular weight excluding hydrogens is 502 g/mol. The van der Waals surface area contributed by atoms with Crippen LogP contribution >= 0.6 is 28.1 Å². The molecular formula is C25H30BrN3O3S. The molecule has 1 saturated heterocycles. The number of hydrogen-bond acceptors (Lipinski definition) is 4. The summed E-state index contributed by atoms with van der Waals surface area (Å²) >= 11 is 8.75. The molecule has 176 valence electrons. The third kappa shape index (κ3) is 7.27. The summed E-state index contributed by atoms with van der Waals surface area (Å²) in [5.74, 6) is 0.819. The van der Waals surface area contributed by atoms with Gasteiger partial charge in [-0.25, -0.2) is 0 Å². The fourth-order valence-corrected chi connectivity index (χ4v) is 4.16. The second-order valence-corrected chi connectivity index (χ2v) is 9.63. The molecule has 2 amide bonds. The molecule has 0 aromatic heterocycles. The third-order valence-corrected chi connectivity index (χ3v) is 6.30. The van der Waals surface area contributed by atoms with Crippen LogP contribution in [0.5, 0.6) is 5.75 Å². The van der Waals surface area contributed by atoms with Crippen molar-refractivity contribution in [1.29, 1.82) is 0 Å². The maximum Gasteiger partial charge on any atom is 0.261 e. The Balaban J connectivity index is 1.63. The fourth-order valence-electron chi connectivity index (χ4n) is 3.59. The van der Waals surface area contributed by atoms with Gasteiger partial charge in [0.1, 0.15) is 5.75 Å². The molecule has 3 rings (SSSR count). The maximum absolute atomic E-state index is 12.9. The first-order chi connectivity index (χ1) is 15.9. The highest BCUT2D eigenvalue weighted by molar-refractivity contribution is 9.10. The van der Waals surface area contributed by atoms with E-state index in [4.69, 9.17) is 17.0 Å². The highest BCUT2D eigenvalue weighted by Crippen LogP contribution is 2.24. The summed E-state index contributed by atoms with van der Waals surface area (Å²) in [6.45, 7) is 6.40. The number of nitrogens with one attached hydrogen (secondary N) is 2. The number of thiocarbonyl (C=S) groups is 1. The molecule has 33 heavy (non-hydrogen) atoms. The van der Waals surface area contributed by atoms with Gasteiger partial charge in [0, 0.05) is 28.8 Å². The van der Waals surface area contributed by atoms with Crippen LogP contribution in [-0.4, -0.2) is 41.5 Å². The molecule has 1 fully saturated rings. The Morgan fingerprint density at radius 1 is 1.18 bits per heavy atom. The molecule has 2 aromatic rings. The minimum Gasteiger partial charge on any atom is -0.493 e. The Labute approximate surface area is 209 Å². The summed E-state index contributed by atoms with van der Waals surface area (Å²) in [4.78, 5) is 27.6. The van der Waals surface area contributed by atoms with Crippen LogP contribution in [0.25, 0.3) is 0 Å². The molecule has 0 aliphatic carbocycles. The van der Waals surface area contributed by atoms with Crippen LogP contribution in [0.3, 0.4) is 0 Å². The van der Waals surface area contributed by atoms with E-state index in [0.29, 0.717) is 35.1 Å². The Hall–Kier alpha value is -2.45. The number of ether oxygens (including phenoxy) is 1. The number of benzene rings is 2. The monoisotopic (exact) mass is 531 g/mol. The van der Waals surface area contributed by atoms with Crippen molar-refractivity contribution in [2.75, 3.05) is 25.0 Å². The van der Waals surface area contributed by atoms with E-state index < -0.39 is 0 Å². The van der Waals surface area contributed by atoms with Crippen molar-refractivity contribution in [3.8, 4) is 5.75 Å². The number of piperidine rings is 1. The molecule has 0 bridgehead atoms. The van der Waals surface area contributed by atoms with E-state index in [1.165, 1.54) is 0 Å². The maximum atomic E-state index is 12.9. The zero-order valence-electron chi connectivity index (χ0n) is 19.0. The average Bonchev–Trinajstić information content (AvgIpc) is 2.80. The minimum absolute atomic E-state index is 0.0171. The van der Waals surface area contributed by atoms with Gasteiger partial charge in [0.05, 0.1) is 12.2 Å². The molecule has 0 atom stereocenters. The van der Waals surface area contributed by atoms with Crippen LogP contribution in [0, 0.1) is 5.92 Å². The van der Waals surface area contributed by atoms with Gasteiger partial charge in [0.25, 0.3) is 11.8 Å². The summed E-state index contributed by atoms with van der Waals surface area (Å²) in [5.41, 5.74) is 1.64. The second-order valence-electron chi connectivity index (χ2n) is 8.31. The van der Waals surface area contributed by atoms with Crippen LogP contribution in [-0.2, 0) is 0 Å². The molecule has 8 heteroatoms. The molecule has 2 N–H and O–H groups in total. The highest BCUT2D eigenvalue weighted by atomic mass is 79.9. The molecule has 6 nitrogen and oxygen atoms in total. The number of nitrogens with zero attached hydrogens (tertiary/aromatic N) is 1. The SMILES string of the molecule is CCCCOc1ccc(Br)cc1C(=O)NC(=S)Nc1cccc(C(=O)N2CCC(C)CC2)c1. The van der Waals surface area contributed by atoms with Gasteiger partial charge in [0.2, 0.25) is 0 Å². The van der Waals surface area contributed by atoms with Gasteiger partial charge in [-0.2, -0.15) is 0 Å². The van der Waals surface area contributed by atoms with Crippen LogP contribution < -0.4 is 15.4 Å². The summed E-state index contributed by atoms with van der Waals surface area (Å²) in [6, 6.07) is 12.5. The molecule has 0 radical (unpaired) electrons. The lowest BCUT2D eigenvalue weighted by atomic mass is 9.98. The number of anilines is 1. The number of hydrogen-bond donors (Lipinski definition) is 2. The number of amides is 2. The van der Waals surface area contributed by atoms with Gasteiger partial charge < -0.3 is 15.0 Å². The predicted octanol–water partition coefficient (Wildman–Crippen LogP) is 5.63. The molecule has 1 aliphatic rings. The van der Waals surface area contributed by atoms with E-state index >= 15 is 0 Å². The lowest BCUT2D eigenvalue weighted by Crippen LogP contribution is -2.38. The number of rotatable bonds is 7. The van der Waals surface area contributed by atoms with Gasteiger partial charge in [-0.1, -0.05) is 42.3 Å². The minimum atomic E-state index is -0.366. The lowest BCUT2D eigenvalue weighted by molar-refractivity contribution is 0.0697. The average molecular weight is 533 g/mol. The van der Waals surface area contributed by atoms with Gasteiger partial charge >= 0.3 is 0 Å². The summed E-state index contributed by atoms with van der Waals surface area (Å²) in [6.07, 6.45) is 3.96. The Bertz CT molecular complexity index is 1010. The summed E-state index contributed by atoms with van der Waals surface area (Å²) in [5, 5.41) is 5.86. The van der Waals surface area contributed by atoms with E-state index in [1.54, 1.807) is 30.3 Å². The van der Waals surface area contributed by atoms with Crippen molar-refractivity contribution < 1.29 is 14.3 Å². The van der Waals surface area contributed by atoms with Crippen molar-refractivity contribution in [3.63, 3.8) is 0 Å². The van der Waals surface area contributed by atoms with Crippen molar-refractivity contribution in [1.82, 2.24) is 10.2 Å². The largest absolute Gasteiger partial charge is 0.493 e. The van der Waals surface area contributed by atoms with E-state index in [0.717, 1.165) is 43.2 Å². The Morgan fingerprint density at radius 3 is 2.67 bits per heavy atom. The summed E-state index contributed by atoms with van der Waals surface area (Å²) < 4.78 is 6.54. The normalized spacial score (nSPS) is 14.0. The Morgan fingerprint density at radius 2 is 1.94 bits per heavy atom. The first-order valence-corrected chi connectivity index (χ1v) is 12.5. The first kappa shape index (κ1) is 25.2. The van der Waals surface area contributed by atoms with Crippen LogP contribution in [0.15, 0.2) is 46.9 Å². The smallest absolute Gasteiger partial charge is 0.261 e. The second kappa shape index (κ2) is 12.1. The van der Waals surface area contributed by atoms with E-state index in [-0.39, 0.29) is 16.9 Å². The predicted molar refractivity (Wildman–Crippen MR) is 139 cm³/mol. The topological polar surface area (TPSA) is 70.7 Å². The fraction of sp³-hybridized carbons (Fsp3) is 0.400. The molecule has 2 aromatic carbocycles. The van der Waals surface area contributed by atoms with Crippen molar-refractivity contribution in [2.24, 2.45) is 5.92 Å². The van der Waals surface area contributed by atoms with Gasteiger partial charge in [-0.05, 0) is 73.8 Å². The zero-order chi connectivity index (χ0) is 23.8. The van der Waals surface area contributed by atoms with E-state index in [9.17, 15) is 9.59 Å². The van der Waals surface area contributed by atoms with Crippen molar-refractivity contribution in [3.05, 3.63) is 58.1 Å². The van der Waals surface area contributed by atoms with Gasteiger partial charge in [0.15, 0.2) is 5.11 Å². The van der Waals surface area contributed by atoms with E-state index in [2.05, 4.69) is 40.4 Å². The van der Waals surface area contributed by atoms with Crippen molar-refractivity contribution >= 4 is 50.8 Å². The number of unbranched alkanes of at least 4 members (excludes halogenated alkanes) is 1. The van der Waals surface area contributed by atoms with Crippen LogP contribution in [0.2, 0.25) is 0 Å². The quantitative estimate of drug-likeness (QED) is 0.358. The van der Waals surface area contributed by atoms with E-state index in [1.807, 2.05) is 17.0 Å². The highest BCUT2D eigenvalue weighted by Gasteiger charge is 2.21. The van der Waals surface area contributed by atoms with Crippen LogP contribution in [0.1, 0.15) is 60.2 Å². The number of carbonyl (C=O) groups excluding carboxylic acids is 2. The molecule has 0 spiro atoms. The zero-order valence-corrected chi connectivity index (χ0v) is 21.4.